The fourth-order valence-electron chi connectivity index (χ4n) is 2.79. The normalized spacial score (nSPS) is 17.5. The molecular formula is C15H19N3O4S2. The molecule has 9 heteroatoms. The van der Waals surface area contributed by atoms with Crippen molar-refractivity contribution >= 4 is 38.8 Å². The number of hydrogen-bond donors (Lipinski definition) is 0. The third kappa shape index (κ3) is 3.28. The first-order valence-electron chi connectivity index (χ1n) is 7.81. The standard InChI is InChI=1S/C15H19N3O4S2/c1-10(2)22-15(19)11-6-8-18(9-7-11)24(20,21)13-5-3-4-12-14(13)17-23-16-12/h3-5,10-11H,6-9H2,1-2H3. The fourth-order valence-corrected chi connectivity index (χ4v) is 5.01. The van der Waals surface area contributed by atoms with E-state index in [9.17, 15) is 13.2 Å². The molecule has 0 saturated carbocycles. The molecule has 0 amide bonds. The van der Waals surface area contributed by atoms with Crippen molar-refractivity contribution in [3.05, 3.63) is 18.2 Å². The van der Waals surface area contributed by atoms with Gasteiger partial charge >= 0.3 is 5.97 Å². The minimum atomic E-state index is -3.65. The van der Waals surface area contributed by atoms with Crippen LogP contribution in [0.15, 0.2) is 23.1 Å². The van der Waals surface area contributed by atoms with Gasteiger partial charge in [-0.3, -0.25) is 4.79 Å². The van der Waals surface area contributed by atoms with Crippen molar-refractivity contribution < 1.29 is 17.9 Å². The van der Waals surface area contributed by atoms with Crippen molar-refractivity contribution in [2.45, 2.75) is 37.7 Å². The van der Waals surface area contributed by atoms with Crippen LogP contribution in [0, 0.1) is 5.92 Å². The minimum absolute atomic E-state index is 0.158. The smallest absolute Gasteiger partial charge is 0.309 e. The van der Waals surface area contributed by atoms with E-state index in [-0.39, 0.29) is 22.9 Å². The first-order chi connectivity index (χ1) is 11.4. The number of carbonyl (C=O) groups excluding carboxylic acids is 1. The molecule has 3 rings (SSSR count). The predicted molar refractivity (Wildman–Crippen MR) is 90.1 cm³/mol. The molecule has 0 bridgehead atoms. The number of ether oxygens (including phenoxy) is 1. The maximum absolute atomic E-state index is 12.9. The topological polar surface area (TPSA) is 89.5 Å². The average Bonchev–Trinajstić information content (AvgIpc) is 3.02. The van der Waals surface area contributed by atoms with Crippen LogP contribution in [0.2, 0.25) is 0 Å². The minimum Gasteiger partial charge on any atom is -0.463 e. The molecule has 7 nitrogen and oxygen atoms in total. The SMILES string of the molecule is CC(C)OC(=O)C1CCN(S(=O)(=O)c2cccc3nsnc23)CC1. The lowest BCUT2D eigenvalue weighted by Crippen LogP contribution is -2.41. The molecular weight excluding hydrogens is 350 g/mol. The molecule has 1 aliphatic rings. The van der Waals surface area contributed by atoms with Gasteiger partial charge in [0.05, 0.1) is 23.8 Å². The van der Waals surface area contributed by atoms with E-state index >= 15 is 0 Å². The Bertz CT molecular complexity index is 839. The molecule has 0 aliphatic carbocycles. The second-order valence-corrected chi connectivity index (χ2v) is 8.49. The molecule has 2 aromatic rings. The van der Waals surface area contributed by atoms with E-state index in [0.717, 1.165) is 11.7 Å². The number of esters is 1. The lowest BCUT2D eigenvalue weighted by Gasteiger charge is -2.30. The van der Waals surface area contributed by atoms with E-state index in [1.54, 1.807) is 32.0 Å². The Morgan fingerprint density at radius 3 is 2.67 bits per heavy atom. The van der Waals surface area contributed by atoms with Crippen molar-refractivity contribution in [2.75, 3.05) is 13.1 Å². The van der Waals surface area contributed by atoms with Gasteiger partial charge in [0.25, 0.3) is 0 Å². The molecule has 0 radical (unpaired) electrons. The number of fused-ring (bicyclic) bond motifs is 1. The number of sulfonamides is 1. The Hall–Kier alpha value is -1.58. The van der Waals surface area contributed by atoms with Crippen molar-refractivity contribution in [1.29, 1.82) is 0 Å². The number of rotatable bonds is 4. The number of benzene rings is 1. The van der Waals surface area contributed by atoms with Crippen LogP contribution >= 0.6 is 11.7 Å². The van der Waals surface area contributed by atoms with Crippen LogP contribution in [0.5, 0.6) is 0 Å². The van der Waals surface area contributed by atoms with Gasteiger partial charge in [-0.1, -0.05) is 6.07 Å². The largest absolute Gasteiger partial charge is 0.463 e. The summed E-state index contributed by atoms with van der Waals surface area (Å²) in [7, 11) is -3.65. The van der Waals surface area contributed by atoms with Gasteiger partial charge in [0.1, 0.15) is 15.9 Å². The Kier molecular flexibility index (Phi) is 4.84. The quantitative estimate of drug-likeness (QED) is 0.766. The molecule has 1 aliphatic heterocycles. The second-order valence-electron chi connectivity index (χ2n) is 6.05. The zero-order valence-electron chi connectivity index (χ0n) is 13.5. The highest BCUT2D eigenvalue weighted by atomic mass is 32.2. The van der Waals surface area contributed by atoms with Gasteiger partial charge in [0.15, 0.2) is 0 Å². The zero-order valence-corrected chi connectivity index (χ0v) is 15.1. The van der Waals surface area contributed by atoms with Gasteiger partial charge < -0.3 is 4.74 Å². The summed E-state index contributed by atoms with van der Waals surface area (Å²) in [4.78, 5) is 12.1. The van der Waals surface area contributed by atoms with Crippen LogP contribution in [-0.4, -0.2) is 46.6 Å². The molecule has 0 N–H and O–H groups in total. The van der Waals surface area contributed by atoms with Crippen LogP contribution in [0.4, 0.5) is 0 Å². The predicted octanol–water partition coefficient (Wildman–Crippen LogP) is 2.04. The summed E-state index contributed by atoms with van der Waals surface area (Å²) in [5.41, 5.74) is 0.986. The molecule has 1 fully saturated rings. The molecule has 1 saturated heterocycles. The van der Waals surface area contributed by atoms with Crippen LogP contribution in [0.25, 0.3) is 11.0 Å². The summed E-state index contributed by atoms with van der Waals surface area (Å²) in [6.45, 7) is 4.21. The van der Waals surface area contributed by atoms with Crippen LogP contribution < -0.4 is 0 Å². The van der Waals surface area contributed by atoms with E-state index < -0.39 is 10.0 Å². The molecule has 130 valence electrons. The van der Waals surface area contributed by atoms with Crippen LogP contribution in [0.1, 0.15) is 26.7 Å². The monoisotopic (exact) mass is 369 g/mol. The van der Waals surface area contributed by atoms with Gasteiger partial charge in [-0.05, 0) is 38.8 Å². The number of carbonyl (C=O) groups is 1. The van der Waals surface area contributed by atoms with E-state index in [0.29, 0.717) is 37.0 Å². The van der Waals surface area contributed by atoms with E-state index in [4.69, 9.17) is 4.74 Å². The lowest BCUT2D eigenvalue weighted by atomic mass is 9.98. The first kappa shape index (κ1) is 17.2. The van der Waals surface area contributed by atoms with Gasteiger partial charge in [0.2, 0.25) is 10.0 Å². The van der Waals surface area contributed by atoms with Gasteiger partial charge in [0, 0.05) is 13.1 Å². The highest BCUT2D eigenvalue weighted by molar-refractivity contribution is 7.89. The molecule has 1 aromatic heterocycles. The average molecular weight is 369 g/mol. The van der Waals surface area contributed by atoms with Gasteiger partial charge in [-0.25, -0.2) is 8.42 Å². The third-order valence-electron chi connectivity index (χ3n) is 4.01. The Morgan fingerprint density at radius 2 is 2.00 bits per heavy atom. The van der Waals surface area contributed by atoms with E-state index in [2.05, 4.69) is 8.75 Å². The maximum Gasteiger partial charge on any atom is 0.309 e. The Labute approximate surface area is 145 Å². The molecule has 0 spiro atoms. The van der Waals surface area contributed by atoms with E-state index in [1.165, 1.54) is 4.31 Å². The summed E-state index contributed by atoms with van der Waals surface area (Å²) in [5.74, 6) is -0.483. The summed E-state index contributed by atoms with van der Waals surface area (Å²) in [6.07, 6.45) is 0.778. The summed E-state index contributed by atoms with van der Waals surface area (Å²) >= 11 is 0.996. The molecule has 1 aromatic carbocycles. The fraction of sp³-hybridized carbons (Fsp3) is 0.533. The van der Waals surface area contributed by atoms with Crippen LogP contribution in [-0.2, 0) is 19.6 Å². The van der Waals surface area contributed by atoms with Gasteiger partial charge in [-0.15, -0.1) is 0 Å². The molecule has 0 unspecified atom stereocenters. The number of hydrogen-bond acceptors (Lipinski definition) is 7. The van der Waals surface area contributed by atoms with Crippen molar-refractivity contribution in [2.24, 2.45) is 5.92 Å². The van der Waals surface area contributed by atoms with Crippen molar-refractivity contribution in [1.82, 2.24) is 13.1 Å². The van der Waals surface area contributed by atoms with Crippen LogP contribution in [0.3, 0.4) is 0 Å². The molecule has 0 atom stereocenters. The second kappa shape index (κ2) is 6.73. The van der Waals surface area contributed by atoms with Gasteiger partial charge in [-0.2, -0.15) is 13.1 Å². The number of piperidine rings is 1. The Balaban J connectivity index is 1.76. The summed E-state index contributed by atoms with van der Waals surface area (Å²) < 4.78 is 40.6. The first-order valence-corrected chi connectivity index (χ1v) is 9.98. The summed E-state index contributed by atoms with van der Waals surface area (Å²) in [5, 5.41) is 0. The Morgan fingerprint density at radius 1 is 1.29 bits per heavy atom. The lowest BCUT2D eigenvalue weighted by molar-refractivity contribution is -0.153. The van der Waals surface area contributed by atoms with Crippen molar-refractivity contribution in [3.8, 4) is 0 Å². The molecule has 24 heavy (non-hydrogen) atoms. The summed E-state index contributed by atoms with van der Waals surface area (Å²) in [6, 6.07) is 4.97. The third-order valence-corrected chi connectivity index (χ3v) is 6.48. The molecule has 2 heterocycles. The number of aromatic nitrogens is 2. The number of nitrogens with zero attached hydrogens (tertiary/aromatic N) is 3. The highest BCUT2D eigenvalue weighted by Crippen LogP contribution is 2.28. The van der Waals surface area contributed by atoms with E-state index in [1.807, 2.05) is 0 Å². The zero-order chi connectivity index (χ0) is 17.3. The van der Waals surface area contributed by atoms with Crippen molar-refractivity contribution in [3.63, 3.8) is 0 Å². The maximum atomic E-state index is 12.9. The highest BCUT2D eigenvalue weighted by Gasteiger charge is 2.34.